The Bertz CT molecular complexity index is 625. The van der Waals surface area contributed by atoms with E-state index >= 15 is 0 Å². The molecule has 0 amide bonds. The maximum atomic E-state index is 12.4. The van der Waals surface area contributed by atoms with Crippen LogP contribution in [0.5, 0.6) is 0 Å². The van der Waals surface area contributed by atoms with Gasteiger partial charge in [0, 0.05) is 13.6 Å². The van der Waals surface area contributed by atoms with E-state index in [-0.39, 0.29) is 15.5 Å². The molecule has 0 bridgehead atoms. The van der Waals surface area contributed by atoms with Gasteiger partial charge in [0.1, 0.15) is 0 Å². The normalized spacial score (nSPS) is 16.1. The number of halogens is 1. The average molecular weight is 318 g/mol. The molecule has 20 heavy (non-hydrogen) atoms. The van der Waals surface area contributed by atoms with E-state index in [0.29, 0.717) is 12.5 Å². The summed E-state index contributed by atoms with van der Waals surface area (Å²) in [6, 6.07) is 3.74. The fourth-order valence-electron chi connectivity index (χ4n) is 2.15. The summed E-state index contributed by atoms with van der Waals surface area (Å²) in [5, 5.41) is 9.02. The second kappa shape index (κ2) is 5.71. The lowest BCUT2D eigenvalue weighted by atomic mass is 9.86. The molecule has 0 heterocycles. The number of aromatic carboxylic acids is 1. The molecule has 1 aromatic carbocycles. The Kier molecular flexibility index (Phi) is 4.36. The minimum Gasteiger partial charge on any atom is -0.478 e. The van der Waals surface area contributed by atoms with Gasteiger partial charge in [-0.2, -0.15) is 0 Å². The minimum absolute atomic E-state index is 0.0260. The topological polar surface area (TPSA) is 74.7 Å². The molecule has 0 spiro atoms. The Hall–Kier alpha value is -1.11. The summed E-state index contributed by atoms with van der Waals surface area (Å²) < 4.78 is 26.1. The lowest BCUT2D eigenvalue weighted by Gasteiger charge is -2.29. The number of rotatable bonds is 5. The molecule has 1 aromatic rings. The largest absolute Gasteiger partial charge is 0.478 e. The summed E-state index contributed by atoms with van der Waals surface area (Å²) in [7, 11) is -2.16. The number of carboxylic acid groups (broad SMARTS) is 1. The first-order valence-corrected chi connectivity index (χ1v) is 8.13. The molecule has 1 aliphatic carbocycles. The van der Waals surface area contributed by atoms with Crippen LogP contribution in [0.25, 0.3) is 0 Å². The molecular weight excluding hydrogens is 302 g/mol. The number of sulfonamides is 1. The molecule has 1 saturated carbocycles. The summed E-state index contributed by atoms with van der Waals surface area (Å²) in [6.45, 7) is 0.466. The van der Waals surface area contributed by atoms with E-state index in [1.165, 1.54) is 23.5 Å². The predicted octanol–water partition coefficient (Wildman–Crippen LogP) is 2.46. The summed E-state index contributed by atoms with van der Waals surface area (Å²) in [5.74, 6) is -0.838. The minimum atomic E-state index is -3.67. The number of carbonyl (C=O) groups is 1. The molecule has 5 nitrogen and oxygen atoms in total. The number of benzene rings is 1. The molecular formula is C13H16ClNO4S. The number of carboxylic acids is 1. The van der Waals surface area contributed by atoms with Gasteiger partial charge in [-0.15, -0.1) is 0 Å². The smallest absolute Gasteiger partial charge is 0.337 e. The van der Waals surface area contributed by atoms with Crippen LogP contribution in [-0.2, 0) is 10.0 Å². The Morgan fingerprint density at radius 3 is 2.60 bits per heavy atom. The van der Waals surface area contributed by atoms with Crippen molar-refractivity contribution in [1.82, 2.24) is 4.31 Å². The highest BCUT2D eigenvalue weighted by atomic mass is 35.5. The van der Waals surface area contributed by atoms with Crippen molar-refractivity contribution in [2.24, 2.45) is 5.92 Å². The molecule has 7 heteroatoms. The van der Waals surface area contributed by atoms with Crippen LogP contribution < -0.4 is 0 Å². The monoisotopic (exact) mass is 317 g/mol. The van der Waals surface area contributed by atoms with Crippen molar-refractivity contribution in [1.29, 1.82) is 0 Å². The van der Waals surface area contributed by atoms with Gasteiger partial charge in [0.05, 0.1) is 15.5 Å². The molecule has 1 N–H and O–H groups in total. The summed E-state index contributed by atoms with van der Waals surface area (Å²) in [4.78, 5) is 11.0. The van der Waals surface area contributed by atoms with E-state index in [4.69, 9.17) is 16.7 Å². The first-order valence-electron chi connectivity index (χ1n) is 6.31. The van der Waals surface area contributed by atoms with Gasteiger partial charge >= 0.3 is 5.97 Å². The molecule has 1 aliphatic rings. The first kappa shape index (κ1) is 15.3. The van der Waals surface area contributed by atoms with Crippen molar-refractivity contribution >= 4 is 27.6 Å². The SMILES string of the molecule is CN(CC1CCC1)S(=O)(=O)c1ccc(Cl)c(C(=O)O)c1. The molecule has 0 aliphatic heterocycles. The fourth-order valence-corrected chi connectivity index (χ4v) is 3.62. The van der Waals surface area contributed by atoms with Crippen LogP contribution >= 0.6 is 11.6 Å². The van der Waals surface area contributed by atoms with Crippen molar-refractivity contribution in [3.8, 4) is 0 Å². The highest BCUT2D eigenvalue weighted by Crippen LogP contribution is 2.29. The first-order chi connectivity index (χ1) is 9.32. The van der Waals surface area contributed by atoms with Crippen LogP contribution in [0.2, 0.25) is 5.02 Å². The standard InChI is InChI=1S/C13H16ClNO4S/c1-15(8-9-3-2-4-9)20(18,19)10-5-6-12(14)11(7-10)13(16)17/h5-7,9H,2-4,8H2,1H3,(H,16,17). The number of hydrogen-bond donors (Lipinski definition) is 1. The van der Waals surface area contributed by atoms with Crippen LogP contribution in [0.3, 0.4) is 0 Å². The second-order valence-electron chi connectivity index (χ2n) is 5.03. The van der Waals surface area contributed by atoms with Gasteiger partial charge < -0.3 is 5.11 Å². The molecule has 0 atom stereocenters. The maximum Gasteiger partial charge on any atom is 0.337 e. The lowest BCUT2D eigenvalue weighted by molar-refractivity contribution is 0.0697. The summed E-state index contributed by atoms with van der Waals surface area (Å²) in [5.41, 5.74) is -0.204. The highest BCUT2D eigenvalue weighted by Gasteiger charge is 2.27. The van der Waals surface area contributed by atoms with Gasteiger partial charge in [0.2, 0.25) is 10.0 Å². The highest BCUT2D eigenvalue weighted by molar-refractivity contribution is 7.89. The quantitative estimate of drug-likeness (QED) is 0.905. The molecule has 110 valence electrons. The zero-order valence-corrected chi connectivity index (χ0v) is 12.6. The Morgan fingerprint density at radius 1 is 1.45 bits per heavy atom. The summed E-state index contributed by atoms with van der Waals surface area (Å²) in [6.07, 6.45) is 3.23. The van der Waals surface area contributed by atoms with Gasteiger partial charge in [0.25, 0.3) is 0 Å². The van der Waals surface area contributed by atoms with Crippen LogP contribution in [0.4, 0.5) is 0 Å². The van der Waals surface area contributed by atoms with Gasteiger partial charge in [-0.1, -0.05) is 18.0 Å². The lowest BCUT2D eigenvalue weighted by Crippen LogP contribution is -2.34. The molecule has 0 radical (unpaired) electrons. The van der Waals surface area contributed by atoms with Crippen LogP contribution in [0.15, 0.2) is 23.1 Å². The van der Waals surface area contributed by atoms with Gasteiger partial charge in [-0.3, -0.25) is 0 Å². The van der Waals surface area contributed by atoms with E-state index < -0.39 is 16.0 Å². The van der Waals surface area contributed by atoms with E-state index in [9.17, 15) is 13.2 Å². The third-order valence-electron chi connectivity index (χ3n) is 3.62. The van der Waals surface area contributed by atoms with E-state index in [0.717, 1.165) is 25.3 Å². The van der Waals surface area contributed by atoms with Crippen LogP contribution in [0, 0.1) is 5.92 Å². The number of hydrogen-bond acceptors (Lipinski definition) is 3. The average Bonchev–Trinajstić information content (AvgIpc) is 2.33. The van der Waals surface area contributed by atoms with Crippen molar-refractivity contribution in [3.05, 3.63) is 28.8 Å². The molecule has 0 saturated heterocycles. The Morgan fingerprint density at radius 2 is 2.10 bits per heavy atom. The van der Waals surface area contributed by atoms with Crippen LogP contribution in [-0.4, -0.2) is 37.4 Å². The third-order valence-corrected chi connectivity index (χ3v) is 5.77. The van der Waals surface area contributed by atoms with Crippen molar-refractivity contribution < 1.29 is 18.3 Å². The predicted molar refractivity (Wildman–Crippen MR) is 75.6 cm³/mol. The van der Waals surface area contributed by atoms with E-state index in [1.807, 2.05) is 0 Å². The molecule has 1 fully saturated rings. The molecule has 0 unspecified atom stereocenters. The number of nitrogens with zero attached hydrogens (tertiary/aromatic N) is 1. The van der Waals surface area contributed by atoms with Crippen molar-refractivity contribution in [2.45, 2.75) is 24.2 Å². The Labute approximate surface area is 123 Å². The molecule has 2 rings (SSSR count). The zero-order valence-electron chi connectivity index (χ0n) is 11.0. The third kappa shape index (κ3) is 2.97. The summed E-state index contributed by atoms with van der Waals surface area (Å²) >= 11 is 5.75. The van der Waals surface area contributed by atoms with Gasteiger partial charge in [-0.25, -0.2) is 17.5 Å². The van der Waals surface area contributed by atoms with Gasteiger partial charge in [-0.05, 0) is 37.0 Å². The van der Waals surface area contributed by atoms with Crippen molar-refractivity contribution in [3.63, 3.8) is 0 Å². The van der Waals surface area contributed by atoms with E-state index in [2.05, 4.69) is 0 Å². The zero-order chi connectivity index (χ0) is 14.9. The van der Waals surface area contributed by atoms with Crippen LogP contribution in [0.1, 0.15) is 29.6 Å². The molecule has 0 aromatic heterocycles. The maximum absolute atomic E-state index is 12.4. The van der Waals surface area contributed by atoms with E-state index in [1.54, 1.807) is 0 Å². The van der Waals surface area contributed by atoms with Gasteiger partial charge in [0.15, 0.2) is 0 Å². The second-order valence-corrected chi connectivity index (χ2v) is 7.48. The van der Waals surface area contributed by atoms with Crippen molar-refractivity contribution in [2.75, 3.05) is 13.6 Å². The Balaban J connectivity index is 2.28. The fraction of sp³-hybridized carbons (Fsp3) is 0.462.